The molecule has 4 rings (SSSR count). The molecule has 1 atom stereocenters. The van der Waals surface area contributed by atoms with Crippen molar-refractivity contribution in [1.29, 1.82) is 0 Å². The first-order valence-electron chi connectivity index (χ1n) is 12.8. The number of hydrogen-bond acceptors (Lipinski definition) is 8. The quantitative estimate of drug-likeness (QED) is 0.395. The number of aliphatic carboxylic acids is 1. The molecule has 2 aromatic rings. The summed E-state index contributed by atoms with van der Waals surface area (Å²) in [5.74, 6) is -4.11. The lowest BCUT2D eigenvalue weighted by molar-refractivity contribution is -0.192. The average Bonchev–Trinajstić information content (AvgIpc) is 3.69. The molecule has 0 aromatic heterocycles. The van der Waals surface area contributed by atoms with Gasteiger partial charge < -0.3 is 9.84 Å². The molecule has 2 aromatic carbocycles. The van der Waals surface area contributed by atoms with Crippen LogP contribution in [0.1, 0.15) is 53.1 Å². The normalized spacial score (nSPS) is 17.9. The molecule has 2 fully saturated rings. The lowest BCUT2D eigenvalue weighted by Crippen LogP contribution is -2.40. The molecule has 43 heavy (non-hydrogen) atoms. The van der Waals surface area contributed by atoms with Crippen LogP contribution >= 0.6 is 11.6 Å². The summed E-state index contributed by atoms with van der Waals surface area (Å²) >= 11 is 6.35. The Morgan fingerprint density at radius 2 is 1.72 bits per heavy atom. The van der Waals surface area contributed by atoms with Crippen LogP contribution in [-0.4, -0.2) is 76.6 Å². The van der Waals surface area contributed by atoms with Gasteiger partial charge in [-0.1, -0.05) is 17.7 Å². The third kappa shape index (κ3) is 10.3. The maximum absolute atomic E-state index is 14.8. The Bertz CT molecular complexity index is 1600. The molecule has 0 spiro atoms. The van der Waals surface area contributed by atoms with E-state index in [1.54, 1.807) is 12.1 Å². The van der Waals surface area contributed by atoms with Crippen molar-refractivity contribution in [1.82, 2.24) is 9.62 Å². The molecule has 0 bridgehead atoms. The lowest BCUT2D eigenvalue weighted by Gasteiger charge is -2.33. The van der Waals surface area contributed by atoms with Gasteiger partial charge in [-0.15, -0.1) is 0 Å². The zero-order valence-electron chi connectivity index (χ0n) is 22.9. The molecule has 1 amide bonds. The molecular weight excluding hydrogens is 644 g/mol. The Morgan fingerprint density at radius 1 is 1.09 bits per heavy atom. The highest BCUT2D eigenvalue weighted by molar-refractivity contribution is 7.90. The maximum atomic E-state index is 14.8. The molecular formula is C26H29ClF4N2O8S2. The molecule has 2 N–H and O–H groups in total. The molecule has 17 heteroatoms. The SMILES string of the molecule is CS(=O)(=O)NC(=O)c1cc(C2CC2)c(O[C@@H]2CCCN(Cc3ccc(S(C)(=O)=O)cc3Cl)C2)cc1F.O=C(O)C(F)(F)F. The van der Waals surface area contributed by atoms with Gasteiger partial charge in [-0.3, -0.25) is 9.69 Å². The minimum Gasteiger partial charge on any atom is -0.489 e. The third-order valence-corrected chi connectivity index (χ3v) is 8.50. The van der Waals surface area contributed by atoms with Gasteiger partial charge in [-0.2, -0.15) is 13.2 Å². The smallest absolute Gasteiger partial charge is 0.489 e. The zero-order valence-corrected chi connectivity index (χ0v) is 25.3. The van der Waals surface area contributed by atoms with Gasteiger partial charge in [0.15, 0.2) is 9.84 Å². The Balaban J connectivity index is 0.000000646. The summed E-state index contributed by atoms with van der Waals surface area (Å²) in [5, 5.41) is 7.50. The predicted molar refractivity (Wildman–Crippen MR) is 148 cm³/mol. The van der Waals surface area contributed by atoms with Crippen molar-refractivity contribution >= 4 is 43.3 Å². The van der Waals surface area contributed by atoms with E-state index in [9.17, 15) is 39.2 Å². The number of carbonyl (C=O) groups is 2. The van der Waals surface area contributed by atoms with Crippen LogP contribution in [0.3, 0.4) is 0 Å². The van der Waals surface area contributed by atoms with Gasteiger partial charge in [0, 0.05) is 30.4 Å². The number of hydrogen-bond donors (Lipinski definition) is 2. The number of ether oxygens (including phenoxy) is 1. The second-order valence-corrected chi connectivity index (χ2v) is 14.5. The molecule has 1 aliphatic carbocycles. The number of benzene rings is 2. The summed E-state index contributed by atoms with van der Waals surface area (Å²) in [6.45, 7) is 1.88. The molecule has 10 nitrogen and oxygen atoms in total. The minimum atomic E-state index is -5.08. The Morgan fingerprint density at radius 3 is 2.23 bits per heavy atom. The zero-order chi connectivity index (χ0) is 32.3. The molecule has 0 radical (unpaired) electrons. The third-order valence-electron chi connectivity index (χ3n) is 6.48. The second-order valence-electron chi connectivity index (χ2n) is 10.3. The molecule has 2 aliphatic rings. The number of carbonyl (C=O) groups excluding carboxylic acids is 1. The maximum Gasteiger partial charge on any atom is 0.490 e. The minimum absolute atomic E-state index is 0.136. The fourth-order valence-electron chi connectivity index (χ4n) is 4.34. The average molecular weight is 673 g/mol. The van der Waals surface area contributed by atoms with Crippen LogP contribution in [0.5, 0.6) is 5.75 Å². The standard InChI is InChI=1S/C24H28ClFN2O6S2.C2HF3O2/c1-35(30,31)18-8-7-16(21(25)10-18)13-28-9-3-4-17(14-28)34-23-12-22(26)20(11-19(23)15-5-6-15)24(29)27-36(2,32)33;3-2(4,5)1(6)7/h7-8,10-12,15,17H,3-6,9,13-14H2,1-2H3,(H,27,29);(H,6,7)/t17-;/m1./s1. The van der Waals surface area contributed by atoms with E-state index in [0.717, 1.165) is 50.3 Å². The number of nitrogens with zero attached hydrogens (tertiary/aromatic N) is 1. The van der Waals surface area contributed by atoms with Gasteiger partial charge in [0.2, 0.25) is 10.0 Å². The summed E-state index contributed by atoms with van der Waals surface area (Å²) in [6.07, 6.45) is 0.0414. The van der Waals surface area contributed by atoms with Gasteiger partial charge in [0.25, 0.3) is 5.91 Å². The first-order valence-corrected chi connectivity index (χ1v) is 16.9. The summed E-state index contributed by atoms with van der Waals surface area (Å²) in [5.41, 5.74) is 1.18. The number of sulfone groups is 1. The monoisotopic (exact) mass is 672 g/mol. The number of likely N-dealkylation sites (tertiary alicyclic amines) is 1. The van der Waals surface area contributed by atoms with Crippen LogP contribution in [0.4, 0.5) is 17.6 Å². The molecule has 1 heterocycles. The fraction of sp³-hybridized carbons (Fsp3) is 0.462. The predicted octanol–water partition coefficient (Wildman–Crippen LogP) is 4.13. The second kappa shape index (κ2) is 13.4. The number of halogens is 5. The molecule has 1 saturated heterocycles. The van der Waals surface area contributed by atoms with Gasteiger partial charge in [-0.25, -0.2) is 30.7 Å². The first kappa shape index (κ1) is 34.5. The van der Waals surface area contributed by atoms with E-state index in [-0.39, 0.29) is 22.5 Å². The number of alkyl halides is 3. The molecule has 0 unspecified atom stereocenters. The molecule has 1 aliphatic heterocycles. The Hall–Kier alpha value is -2.95. The van der Waals surface area contributed by atoms with Gasteiger partial charge in [0.05, 0.1) is 16.7 Å². The van der Waals surface area contributed by atoms with Crippen LogP contribution in [0.15, 0.2) is 35.2 Å². The topological polar surface area (TPSA) is 147 Å². The number of rotatable bonds is 8. The van der Waals surface area contributed by atoms with Crippen molar-refractivity contribution in [2.45, 2.75) is 55.3 Å². The van der Waals surface area contributed by atoms with E-state index >= 15 is 0 Å². The van der Waals surface area contributed by atoms with Crippen LogP contribution in [0, 0.1) is 5.82 Å². The number of nitrogens with one attached hydrogen (secondary N) is 1. The van der Waals surface area contributed by atoms with Gasteiger partial charge in [-0.05, 0) is 67.5 Å². The van der Waals surface area contributed by atoms with E-state index in [1.807, 2.05) is 4.72 Å². The van der Waals surface area contributed by atoms with E-state index in [2.05, 4.69) is 4.90 Å². The Kier molecular flexibility index (Phi) is 10.7. The fourth-order valence-corrected chi connectivity index (χ4v) is 5.74. The Labute approximate surface area is 250 Å². The van der Waals surface area contributed by atoms with Gasteiger partial charge >= 0.3 is 12.1 Å². The largest absolute Gasteiger partial charge is 0.490 e. The van der Waals surface area contributed by atoms with Crippen molar-refractivity contribution in [3.8, 4) is 5.75 Å². The number of carboxylic acids is 1. The number of amides is 1. The number of carboxylic acid groups (broad SMARTS) is 1. The van der Waals surface area contributed by atoms with Crippen molar-refractivity contribution in [3.05, 3.63) is 57.9 Å². The van der Waals surface area contributed by atoms with Crippen LogP contribution in [-0.2, 0) is 31.2 Å². The number of sulfonamides is 1. The van der Waals surface area contributed by atoms with Crippen molar-refractivity contribution in [2.24, 2.45) is 0 Å². The van der Waals surface area contributed by atoms with E-state index < -0.39 is 43.7 Å². The van der Waals surface area contributed by atoms with E-state index in [0.29, 0.717) is 29.4 Å². The van der Waals surface area contributed by atoms with E-state index in [4.69, 9.17) is 26.2 Å². The van der Waals surface area contributed by atoms with Crippen LogP contribution in [0.25, 0.3) is 0 Å². The van der Waals surface area contributed by atoms with E-state index in [1.165, 1.54) is 18.2 Å². The van der Waals surface area contributed by atoms with Crippen molar-refractivity contribution in [3.63, 3.8) is 0 Å². The van der Waals surface area contributed by atoms with Crippen molar-refractivity contribution in [2.75, 3.05) is 25.6 Å². The van der Waals surface area contributed by atoms with Crippen LogP contribution in [0.2, 0.25) is 5.02 Å². The molecule has 238 valence electrons. The number of piperidine rings is 1. The van der Waals surface area contributed by atoms with Crippen molar-refractivity contribution < 1.29 is 53.8 Å². The summed E-state index contributed by atoms with van der Waals surface area (Å²) in [4.78, 5) is 23.5. The van der Waals surface area contributed by atoms with Gasteiger partial charge in [0.1, 0.15) is 17.7 Å². The lowest BCUT2D eigenvalue weighted by atomic mass is 10.0. The first-order chi connectivity index (χ1) is 19.7. The highest BCUT2D eigenvalue weighted by atomic mass is 35.5. The van der Waals surface area contributed by atoms with Crippen LogP contribution < -0.4 is 9.46 Å². The molecule has 1 saturated carbocycles. The summed E-state index contributed by atoms with van der Waals surface area (Å²) in [7, 11) is -7.17. The summed E-state index contributed by atoms with van der Waals surface area (Å²) < 4.78 is 101. The highest BCUT2D eigenvalue weighted by Crippen LogP contribution is 2.45. The summed E-state index contributed by atoms with van der Waals surface area (Å²) in [6, 6.07) is 7.28. The highest BCUT2D eigenvalue weighted by Gasteiger charge is 2.38.